The molecule has 1 aromatic rings. The van der Waals surface area contributed by atoms with Crippen LogP contribution in [0.15, 0.2) is 24.4 Å². The SMILES string of the molecule is C/C(=C\[C@H](C)I)c1ccnc(C)c1. The molecule has 13 heavy (non-hydrogen) atoms. The Bertz CT molecular complexity index is 316. The summed E-state index contributed by atoms with van der Waals surface area (Å²) in [6.07, 6.45) is 4.12. The van der Waals surface area contributed by atoms with E-state index in [0.717, 1.165) is 5.69 Å². The van der Waals surface area contributed by atoms with E-state index in [1.54, 1.807) is 0 Å². The molecule has 0 unspecified atom stereocenters. The third kappa shape index (κ3) is 3.46. The van der Waals surface area contributed by atoms with Crippen LogP contribution in [0.3, 0.4) is 0 Å². The van der Waals surface area contributed by atoms with E-state index in [2.05, 4.69) is 59.6 Å². The first-order valence-electron chi connectivity index (χ1n) is 4.35. The molecule has 0 saturated carbocycles. The van der Waals surface area contributed by atoms with Crippen LogP contribution in [0.5, 0.6) is 0 Å². The van der Waals surface area contributed by atoms with Crippen molar-refractivity contribution in [1.82, 2.24) is 4.98 Å². The van der Waals surface area contributed by atoms with Crippen LogP contribution in [0, 0.1) is 6.92 Å². The van der Waals surface area contributed by atoms with Gasteiger partial charge in [-0.25, -0.2) is 0 Å². The normalized spacial score (nSPS) is 14.3. The summed E-state index contributed by atoms with van der Waals surface area (Å²) in [7, 11) is 0. The molecule has 70 valence electrons. The molecule has 1 rings (SSSR count). The molecule has 1 nitrogen and oxygen atoms in total. The van der Waals surface area contributed by atoms with Gasteiger partial charge in [-0.05, 0) is 44.0 Å². The Kier molecular flexibility index (Phi) is 3.90. The predicted molar refractivity (Wildman–Crippen MR) is 66.1 cm³/mol. The molecule has 0 bridgehead atoms. The van der Waals surface area contributed by atoms with Crippen LogP contribution in [-0.2, 0) is 0 Å². The summed E-state index contributed by atoms with van der Waals surface area (Å²) >= 11 is 2.40. The average Bonchev–Trinajstić information content (AvgIpc) is 2.03. The number of rotatable bonds is 2. The molecule has 2 heteroatoms. The zero-order valence-electron chi connectivity index (χ0n) is 8.21. The van der Waals surface area contributed by atoms with Crippen LogP contribution in [0.1, 0.15) is 25.1 Å². The van der Waals surface area contributed by atoms with Crippen LogP contribution in [0.4, 0.5) is 0 Å². The number of aryl methyl sites for hydroxylation is 1. The highest BCUT2D eigenvalue weighted by atomic mass is 127. The van der Waals surface area contributed by atoms with Gasteiger partial charge in [0, 0.05) is 15.8 Å². The highest BCUT2D eigenvalue weighted by Gasteiger charge is 1.97. The second kappa shape index (κ2) is 4.74. The summed E-state index contributed by atoms with van der Waals surface area (Å²) in [4.78, 5) is 4.17. The quantitative estimate of drug-likeness (QED) is 0.598. The lowest BCUT2D eigenvalue weighted by atomic mass is 10.1. The van der Waals surface area contributed by atoms with Gasteiger partial charge >= 0.3 is 0 Å². The van der Waals surface area contributed by atoms with E-state index in [0.29, 0.717) is 3.92 Å². The first-order chi connectivity index (χ1) is 6.09. The minimum absolute atomic E-state index is 0.575. The minimum Gasteiger partial charge on any atom is -0.262 e. The molecule has 0 aliphatic rings. The molecule has 0 aromatic carbocycles. The summed E-state index contributed by atoms with van der Waals surface area (Å²) in [6, 6.07) is 4.17. The van der Waals surface area contributed by atoms with Crippen LogP contribution in [0.25, 0.3) is 5.57 Å². The van der Waals surface area contributed by atoms with Crippen LogP contribution < -0.4 is 0 Å². The summed E-state index contributed by atoms with van der Waals surface area (Å²) < 4.78 is 0.575. The number of alkyl halides is 1. The van der Waals surface area contributed by atoms with Gasteiger partial charge in [-0.2, -0.15) is 0 Å². The van der Waals surface area contributed by atoms with Crippen LogP contribution in [-0.4, -0.2) is 8.91 Å². The lowest BCUT2D eigenvalue weighted by Crippen LogP contribution is -1.88. The molecule has 1 heterocycles. The Morgan fingerprint density at radius 1 is 1.62 bits per heavy atom. The van der Waals surface area contributed by atoms with E-state index in [1.807, 2.05) is 13.1 Å². The number of allylic oxidation sites excluding steroid dienone is 2. The third-order valence-corrected chi connectivity index (χ3v) is 2.19. The van der Waals surface area contributed by atoms with Gasteiger partial charge in [0.25, 0.3) is 0 Å². The number of hydrogen-bond acceptors (Lipinski definition) is 1. The van der Waals surface area contributed by atoms with Gasteiger partial charge in [-0.15, -0.1) is 0 Å². The first kappa shape index (κ1) is 10.7. The monoisotopic (exact) mass is 287 g/mol. The zero-order chi connectivity index (χ0) is 9.84. The smallest absolute Gasteiger partial charge is 0.0378 e. The van der Waals surface area contributed by atoms with Gasteiger partial charge in [-0.1, -0.05) is 28.7 Å². The third-order valence-electron chi connectivity index (χ3n) is 1.83. The van der Waals surface area contributed by atoms with Crippen molar-refractivity contribution in [3.05, 3.63) is 35.7 Å². The van der Waals surface area contributed by atoms with Crippen molar-refractivity contribution >= 4 is 28.2 Å². The van der Waals surface area contributed by atoms with Crippen molar-refractivity contribution < 1.29 is 0 Å². The number of halogens is 1. The topological polar surface area (TPSA) is 12.9 Å². The lowest BCUT2D eigenvalue weighted by Gasteiger charge is -2.03. The number of hydrogen-bond donors (Lipinski definition) is 0. The van der Waals surface area contributed by atoms with E-state index in [9.17, 15) is 0 Å². The summed E-state index contributed by atoms with van der Waals surface area (Å²) in [6.45, 7) is 6.34. The molecular formula is C11H14IN. The molecule has 0 aliphatic heterocycles. The van der Waals surface area contributed by atoms with Crippen molar-refractivity contribution in [3.63, 3.8) is 0 Å². The Morgan fingerprint density at radius 2 is 2.31 bits per heavy atom. The molecule has 0 amide bonds. The van der Waals surface area contributed by atoms with Crippen LogP contribution in [0.2, 0.25) is 0 Å². The maximum absolute atomic E-state index is 4.17. The van der Waals surface area contributed by atoms with E-state index < -0.39 is 0 Å². The molecule has 0 fully saturated rings. The number of nitrogens with zero attached hydrogens (tertiary/aromatic N) is 1. The van der Waals surface area contributed by atoms with Gasteiger partial charge in [-0.3, -0.25) is 4.98 Å². The highest BCUT2D eigenvalue weighted by molar-refractivity contribution is 14.1. The molecule has 0 spiro atoms. The van der Waals surface area contributed by atoms with E-state index in [4.69, 9.17) is 0 Å². The van der Waals surface area contributed by atoms with E-state index in [1.165, 1.54) is 11.1 Å². The highest BCUT2D eigenvalue weighted by Crippen LogP contribution is 2.16. The molecule has 0 saturated heterocycles. The van der Waals surface area contributed by atoms with Crippen molar-refractivity contribution in [2.24, 2.45) is 0 Å². The molecule has 1 atom stereocenters. The van der Waals surface area contributed by atoms with Gasteiger partial charge < -0.3 is 0 Å². The molecule has 1 aromatic heterocycles. The van der Waals surface area contributed by atoms with Crippen molar-refractivity contribution in [3.8, 4) is 0 Å². The molecular weight excluding hydrogens is 273 g/mol. The Hall–Kier alpha value is -0.380. The second-order valence-corrected chi connectivity index (χ2v) is 5.18. The standard InChI is InChI=1S/C11H14IN/c1-8(6-9(2)12)11-4-5-13-10(3)7-11/h4-7,9H,1-3H3/b8-6+/t9-/m0/s1. The Labute approximate surface area is 93.4 Å². The Morgan fingerprint density at radius 3 is 2.85 bits per heavy atom. The Balaban J connectivity index is 2.95. The fourth-order valence-corrected chi connectivity index (χ4v) is 1.77. The fourth-order valence-electron chi connectivity index (χ4n) is 1.23. The summed E-state index contributed by atoms with van der Waals surface area (Å²) in [5.74, 6) is 0. The number of aromatic nitrogens is 1. The van der Waals surface area contributed by atoms with Crippen molar-refractivity contribution in [2.45, 2.75) is 24.7 Å². The minimum atomic E-state index is 0.575. The maximum atomic E-state index is 4.17. The van der Waals surface area contributed by atoms with E-state index in [-0.39, 0.29) is 0 Å². The molecule has 0 aliphatic carbocycles. The van der Waals surface area contributed by atoms with Crippen molar-refractivity contribution in [1.29, 1.82) is 0 Å². The molecule has 0 radical (unpaired) electrons. The van der Waals surface area contributed by atoms with Crippen molar-refractivity contribution in [2.75, 3.05) is 0 Å². The second-order valence-electron chi connectivity index (χ2n) is 3.21. The number of pyridine rings is 1. The molecule has 0 N–H and O–H groups in total. The van der Waals surface area contributed by atoms with Crippen LogP contribution >= 0.6 is 22.6 Å². The average molecular weight is 287 g/mol. The van der Waals surface area contributed by atoms with Gasteiger partial charge in [0.15, 0.2) is 0 Å². The summed E-state index contributed by atoms with van der Waals surface area (Å²) in [5, 5.41) is 0. The van der Waals surface area contributed by atoms with E-state index >= 15 is 0 Å². The fraction of sp³-hybridized carbons (Fsp3) is 0.364. The predicted octanol–water partition coefficient (Wildman–Crippen LogP) is 3.62. The van der Waals surface area contributed by atoms with Gasteiger partial charge in [0.1, 0.15) is 0 Å². The lowest BCUT2D eigenvalue weighted by molar-refractivity contribution is 1.19. The first-order valence-corrected chi connectivity index (χ1v) is 5.59. The van der Waals surface area contributed by atoms with Gasteiger partial charge in [0.05, 0.1) is 0 Å². The maximum Gasteiger partial charge on any atom is 0.0378 e. The van der Waals surface area contributed by atoms with Gasteiger partial charge in [0.2, 0.25) is 0 Å². The summed E-state index contributed by atoms with van der Waals surface area (Å²) in [5.41, 5.74) is 3.68. The zero-order valence-corrected chi connectivity index (χ0v) is 10.4. The largest absolute Gasteiger partial charge is 0.262 e.